The van der Waals surface area contributed by atoms with Gasteiger partial charge in [0.15, 0.2) is 0 Å². The number of amides is 3. The summed E-state index contributed by atoms with van der Waals surface area (Å²) in [6.07, 6.45) is 4.71. The van der Waals surface area contributed by atoms with Gasteiger partial charge < -0.3 is 20.6 Å². The van der Waals surface area contributed by atoms with E-state index in [2.05, 4.69) is 31.4 Å². The summed E-state index contributed by atoms with van der Waals surface area (Å²) in [5, 5.41) is 17.5. The van der Waals surface area contributed by atoms with Gasteiger partial charge in [-0.25, -0.2) is 4.79 Å². The molecule has 1 aromatic carbocycles. The van der Waals surface area contributed by atoms with Gasteiger partial charge in [0.05, 0.1) is 18.7 Å². The molecular weight excluding hydrogens is 426 g/mol. The predicted molar refractivity (Wildman–Crippen MR) is 139 cm³/mol. The van der Waals surface area contributed by atoms with Crippen LogP contribution in [0, 0.1) is 17.8 Å². The first-order chi connectivity index (χ1) is 16.0. The molecule has 4 atom stereocenters. The van der Waals surface area contributed by atoms with Crippen molar-refractivity contribution in [2.24, 2.45) is 17.8 Å². The Bertz CT molecular complexity index is 760. The van der Waals surface area contributed by atoms with E-state index in [0.717, 1.165) is 31.2 Å². The van der Waals surface area contributed by atoms with Crippen LogP contribution in [0.15, 0.2) is 30.3 Å². The van der Waals surface area contributed by atoms with Crippen molar-refractivity contribution in [1.82, 2.24) is 15.5 Å². The molecule has 4 unspecified atom stereocenters. The number of rotatable bonds is 10. The summed E-state index contributed by atoms with van der Waals surface area (Å²) in [4.78, 5) is 27.9. The monoisotopic (exact) mass is 473 g/mol. The molecule has 0 bridgehead atoms. The average Bonchev–Trinajstić information content (AvgIpc) is 2.75. The standard InChI is InChI=1S/C28H47N3O3/c1-20(2)16-17-31(27(34)30-28(4,5)6)19-25(32)24(18-22-13-8-7-9-14-22)29-26(33)23-15-11-10-12-21(23)3/h7-9,13-14,20-21,23-25,32H,10-12,15-19H2,1-6H3,(H,29,33)(H,30,34). The van der Waals surface area contributed by atoms with Crippen molar-refractivity contribution in [3.63, 3.8) is 0 Å². The van der Waals surface area contributed by atoms with Crippen molar-refractivity contribution in [2.45, 2.75) is 97.8 Å². The Balaban J connectivity index is 2.18. The molecule has 1 aliphatic carbocycles. The fourth-order valence-corrected chi connectivity index (χ4v) is 4.59. The first-order valence-corrected chi connectivity index (χ1v) is 13.1. The molecule has 1 saturated carbocycles. The summed E-state index contributed by atoms with van der Waals surface area (Å²) in [6.45, 7) is 13.0. The van der Waals surface area contributed by atoms with Crippen molar-refractivity contribution < 1.29 is 14.7 Å². The molecule has 3 N–H and O–H groups in total. The fraction of sp³-hybridized carbons (Fsp3) is 0.714. The molecule has 0 radical (unpaired) electrons. The van der Waals surface area contributed by atoms with Crippen LogP contribution in [0.25, 0.3) is 0 Å². The maximum absolute atomic E-state index is 13.2. The van der Waals surface area contributed by atoms with Gasteiger partial charge in [-0.1, -0.05) is 63.9 Å². The third-order valence-electron chi connectivity index (χ3n) is 6.69. The zero-order chi connectivity index (χ0) is 25.3. The van der Waals surface area contributed by atoms with Crippen LogP contribution in [0.5, 0.6) is 0 Å². The highest BCUT2D eigenvalue weighted by Gasteiger charge is 2.32. The number of hydrogen-bond donors (Lipinski definition) is 3. The zero-order valence-corrected chi connectivity index (χ0v) is 22.1. The molecule has 6 nitrogen and oxygen atoms in total. The van der Waals surface area contributed by atoms with Crippen molar-refractivity contribution >= 4 is 11.9 Å². The van der Waals surface area contributed by atoms with E-state index in [4.69, 9.17) is 0 Å². The topological polar surface area (TPSA) is 81.7 Å². The highest BCUT2D eigenvalue weighted by atomic mass is 16.3. The number of aliphatic hydroxyl groups excluding tert-OH is 1. The van der Waals surface area contributed by atoms with Gasteiger partial charge in [0.2, 0.25) is 5.91 Å². The van der Waals surface area contributed by atoms with Crippen molar-refractivity contribution in [3.05, 3.63) is 35.9 Å². The zero-order valence-electron chi connectivity index (χ0n) is 22.1. The van der Waals surface area contributed by atoms with E-state index in [1.54, 1.807) is 4.90 Å². The summed E-state index contributed by atoms with van der Waals surface area (Å²) in [5.74, 6) is 0.804. The summed E-state index contributed by atoms with van der Waals surface area (Å²) in [6, 6.07) is 9.27. The van der Waals surface area contributed by atoms with E-state index in [1.165, 1.54) is 6.42 Å². The second-order valence-corrected chi connectivity index (χ2v) is 11.5. The molecular formula is C28H47N3O3. The van der Waals surface area contributed by atoms with Crippen LogP contribution < -0.4 is 10.6 Å². The Morgan fingerprint density at radius 1 is 1.12 bits per heavy atom. The molecule has 0 heterocycles. The molecule has 0 spiro atoms. The van der Waals surface area contributed by atoms with Crippen LogP contribution in [0.4, 0.5) is 4.79 Å². The summed E-state index contributed by atoms with van der Waals surface area (Å²) in [5.41, 5.74) is 0.684. The normalized spacial score (nSPS) is 20.5. The van der Waals surface area contributed by atoms with Gasteiger partial charge in [-0.05, 0) is 63.9 Å². The molecule has 2 rings (SSSR count). The lowest BCUT2D eigenvalue weighted by molar-refractivity contribution is -0.129. The van der Waals surface area contributed by atoms with Crippen LogP contribution >= 0.6 is 0 Å². The minimum absolute atomic E-state index is 0.0135. The number of hydrogen-bond acceptors (Lipinski definition) is 3. The maximum atomic E-state index is 13.2. The quantitative estimate of drug-likeness (QED) is 0.458. The Hall–Kier alpha value is -2.08. The van der Waals surface area contributed by atoms with Gasteiger partial charge in [0.1, 0.15) is 0 Å². The minimum atomic E-state index is -0.874. The largest absolute Gasteiger partial charge is 0.389 e. The Kier molecular flexibility index (Phi) is 10.9. The molecule has 0 aliphatic heterocycles. The number of carbonyl (C=O) groups is 2. The molecule has 192 valence electrons. The van der Waals surface area contributed by atoms with Crippen LogP contribution in [-0.4, -0.2) is 52.7 Å². The lowest BCUT2D eigenvalue weighted by Gasteiger charge is -2.34. The summed E-state index contributed by atoms with van der Waals surface area (Å²) >= 11 is 0. The van der Waals surface area contributed by atoms with Gasteiger partial charge in [0, 0.05) is 18.0 Å². The highest BCUT2D eigenvalue weighted by molar-refractivity contribution is 5.79. The van der Waals surface area contributed by atoms with Gasteiger partial charge in [-0.2, -0.15) is 0 Å². The number of nitrogens with zero attached hydrogens (tertiary/aromatic N) is 1. The Labute approximate surface area is 206 Å². The summed E-state index contributed by atoms with van der Waals surface area (Å²) in [7, 11) is 0. The molecule has 6 heteroatoms. The average molecular weight is 474 g/mol. The molecule has 34 heavy (non-hydrogen) atoms. The lowest BCUT2D eigenvalue weighted by Crippen LogP contribution is -2.55. The highest BCUT2D eigenvalue weighted by Crippen LogP contribution is 2.30. The van der Waals surface area contributed by atoms with Gasteiger partial charge in [0.25, 0.3) is 0 Å². The first kappa shape index (κ1) is 28.2. The third-order valence-corrected chi connectivity index (χ3v) is 6.69. The van der Waals surface area contributed by atoms with E-state index in [1.807, 2.05) is 51.1 Å². The van der Waals surface area contributed by atoms with Crippen LogP contribution in [0.3, 0.4) is 0 Å². The van der Waals surface area contributed by atoms with E-state index >= 15 is 0 Å². The number of aliphatic hydroxyl groups is 1. The van der Waals surface area contributed by atoms with E-state index in [0.29, 0.717) is 24.8 Å². The maximum Gasteiger partial charge on any atom is 0.317 e. The SMILES string of the molecule is CC(C)CCN(CC(O)C(Cc1ccccc1)NC(=O)C1CCCCC1C)C(=O)NC(C)(C)C. The fourth-order valence-electron chi connectivity index (χ4n) is 4.59. The second kappa shape index (κ2) is 13.1. The number of nitrogens with one attached hydrogen (secondary N) is 2. The molecule has 1 aromatic rings. The number of benzene rings is 1. The van der Waals surface area contributed by atoms with Crippen molar-refractivity contribution in [2.75, 3.05) is 13.1 Å². The summed E-state index contributed by atoms with van der Waals surface area (Å²) < 4.78 is 0. The Morgan fingerprint density at radius 2 is 1.76 bits per heavy atom. The molecule has 1 fully saturated rings. The van der Waals surface area contributed by atoms with E-state index in [-0.39, 0.29) is 29.9 Å². The lowest BCUT2D eigenvalue weighted by atomic mass is 9.79. The smallest absolute Gasteiger partial charge is 0.317 e. The molecule has 0 saturated heterocycles. The van der Waals surface area contributed by atoms with Gasteiger partial charge in [-0.3, -0.25) is 4.79 Å². The van der Waals surface area contributed by atoms with Gasteiger partial charge in [-0.15, -0.1) is 0 Å². The van der Waals surface area contributed by atoms with Crippen LogP contribution in [0.1, 0.15) is 79.2 Å². The van der Waals surface area contributed by atoms with Crippen molar-refractivity contribution in [3.8, 4) is 0 Å². The van der Waals surface area contributed by atoms with E-state index < -0.39 is 12.1 Å². The Morgan fingerprint density at radius 3 is 2.35 bits per heavy atom. The van der Waals surface area contributed by atoms with Crippen LogP contribution in [-0.2, 0) is 11.2 Å². The molecule has 3 amide bonds. The molecule has 1 aliphatic rings. The van der Waals surface area contributed by atoms with Crippen molar-refractivity contribution in [1.29, 1.82) is 0 Å². The second-order valence-electron chi connectivity index (χ2n) is 11.5. The number of carbonyl (C=O) groups excluding carboxylic acids is 2. The first-order valence-electron chi connectivity index (χ1n) is 13.1. The predicted octanol–water partition coefficient (Wildman–Crippen LogP) is 4.76. The third kappa shape index (κ3) is 9.65. The van der Waals surface area contributed by atoms with E-state index in [9.17, 15) is 14.7 Å². The molecule has 0 aromatic heterocycles. The number of urea groups is 1. The minimum Gasteiger partial charge on any atom is -0.389 e. The van der Waals surface area contributed by atoms with Gasteiger partial charge >= 0.3 is 6.03 Å². The van der Waals surface area contributed by atoms with Crippen LogP contribution in [0.2, 0.25) is 0 Å².